The van der Waals surface area contributed by atoms with Gasteiger partial charge in [0.25, 0.3) is 5.91 Å². The molecule has 0 bridgehead atoms. The molecule has 0 aliphatic heterocycles. The van der Waals surface area contributed by atoms with E-state index in [1.165, 1.54) is 30.0 Å². The molecule has 9 heteroatoms. The largest absolute Gasteiger partial charge is 0.478 e. The van der Waals surface area contributed by atoms with Crippen LogP contribution in [-0.2, 0) is 4.79 Å². The van der Waals surface area contributed by atoms with Crippen LogP contribution in [-0.4, -0.2) is 28.6 Å². The summed E-state index contributed by atoms with van der Waals surface area (Å²) in [6.07, 6.45) is 0. The number of nitrogens with one attached hydrogen (secondary N) is 2. The second kappa shape index (κ2) is 10.3. The minimum Gasteiger partial charge on any atom is -0.478 e. The van der Waals surface area contributed by atoms with Crippen LogP contribution in [0.4, 0.5) is 11.4 Å². The lowest BCUT2D eigenvalue weighted by Gasteiger charge is -2.08. The fraction of sp³-hybridized carbons (Fsp3) is 0.0455. The Kier molecular flexibility index (Phi) is 7.57. The first-order chi connectivity index (χ1) is 14.8. The highest BCUT2D eigenvalue weighted by molar-refractivity contribution is 8.00. The molecule has 158 valence electrons. The maximum atomic E-state index is 12.3. The summed E-state index contributed by atoms with van der Waals surface area (Å²) in [4.78, 5) is 36.4. The lowest BCUT2D eigenvalue weighted by Crippen LogP contribution is -2.14. The summed E-state index contributed by atoms with van der Waals surface area (Å²) in [5.74, 6) is -1.61. The number of carbonyl (C=O) groups excluding carboxylic acids is 2. The molecular weight excluding hydrogens is 459 g/mol. The number of hydrogen-bond acceptors (Lipinski definition) is 4. The highest BCUT2D eigenvalue weighted by Gasteiger charge is 2.11. The van der Waals surface area contributed by atoms with Crippen LogP contribution >= 0.6 is 35.0 Å². The normalized spacial score (nSPS) is 10.4. The lowest BCUT2D eigenvalue weighted by atomic mass is 10.2. The van der Waals surface area contributed by atoms with Gasteiger partial charge < -0.3 is 15.7 Å². The van der Waals surface area contributed by atoms with Crippen LogP contribution in [0.3, 0.4) is 0 Å². The second-order valence-corrected chi connectivity index (χ2v) is 8.22. The molecule has 31 heavy (non-hydrogen) atoms. The Balaban J connectivity index is 1.53. The molecule has 0 unspecified atom stereocenters. The number of halogens is 2. The average Bonchev–Trinajstić information content (AvgIpc) is 2.74. The lowest BCUT2D eigenvalue weighted by molar-refractivity contribution is -0.113. The number of benzene rings is 3. The third kappa shape index (κ3) is 6.49. The van der Waals surface area contributed by atoms with Crippen molar-refractivity contribution in [2.45, 2.75) is 4.90 Å². The molecule has 0 radical (unpaired) electrons. The van der Waals surface area contributed by atoms with E-state index in [-0.39, 0.29) is 28.2 Å². The quantitative estimate of drug-likeness (QED) is 0.383. The number of amides is 2. The van der Waals surface area contributed by atoms with E-state index in [1.54, 1.807) is 48.5 Å². The first kappa shape index (κ1) is 22.7. The molecule has 2 amide bonds. The van der Waals surface area contributed by atoms with Gasteiger partial charge in [-0.1, -0.05) is 29.3 Å². The molecule has 0 aliphatic rings. The topological polar surface area (TPSA) is 95.5 Å². The number of thioether (sulfide) groups is 1. The Morgan fingerprint density at radius 2 is 1.58 bits per heavy atom. The summed E-state index contributed by atoms with van der Waals surface area (Å²) in [5, 5.41) is 15.1. The second-order valence-electron chi connectivity index (χ2n) is 6.33. The highest BCUT2D eigenvalue weighted by atomic mass is 35.5. The zero-order valence-corrected chi connectivity index (χ0v) is 18.2. The molecule has 0 aromatic heterocycles. The van der Waals surface area contributed by atoms with Crippen molar-refractivity contribution in [2.24, 2.45) is 0 Å². The summed E-state index contributed by atoms with van der Waals surface area (Å²) >= 11 is 13.0. The number of aromatic carboxylic acids is 1. The van der Waals surface area contributed by atoms with Gasteiger partial charge in [-0.05, 0) is 60.7 Å². The van der Waals surface area contributed by atoms with Gasteiger partial charge in [-0.25, -0.2) is 4.79 Å². The van der Waals surface area contributed by atoms with Crippen molar-refractivity contribution in [1.29, 1.82) is 0 Å². The van der Waals surface area contributed by atoms with Gasteiger partial charge in [0, 0.05) is 26.9 Å². The standard InChI is InChI=1S/C22H16Cl2N2O4S/c23-14-3-1-2-13(10-14)21(28)26-15-4-7-17(8-5-15)31-12-20(27)25-16-6-9-19(24)18(11-16)22(29)30/h1-11H,12H2,(H,25,27)(H,26,28)(H,29,30). The molecule has 3 aromatic carbocycles. The van der Waals surface area contributed by atoms with Gasteiger partial charge in [0.05, 0.1) is 16.3 Å². The summed E-state index contributed by atoms with van der Waals surface area (Å²) in [5.41, 5.74) is 1.34. The summed E-state index contributed by atoms with van der Waals surface area (Å²) in [6, 6.07) is 18.0. The predicted molar refractivity (Wildman–Crippen MR) is 124 cm³/mol. The van der Waals surface area contributed by atoms with Crippen LogP contribution in [0.5, 0.6) is 0 Å². The van der Waals surface area contributed by atoms with Crippen LogP contribution < -0.4 is 10.6 Å². The number of carboxylic acids is 1. The Morgan fingerprint density at radius 3 is 2.26 bits per heavy atom. The SMILES string of the molecule is O=C(CSc1ccc(NC(=O)c2cccc(Cl)c2)cc1)Nc1ccc(Cl)c(C(=O)O)c1. The third-order valence-corrected chi connectivity index (χ3v) is 5.63. The van der Waals surface area contributed by atoms with E-state index >= 15 is 0 Å². The van der Waals surface area contributed by atoms with Crippen LogP contribution in [0.15, 0.2) is 71.6 Å². The molecular formula is C22H16Cl2N2O4S. The zero-order chi connectivity index (χ0) is 22.4. The summed E-state index contributed by atoms with van der Waals surface area (Å²) in [7, 11) is 0. The molecule has 0 atom stereocenters. The van der Waals surface area contributed by atoms with Crippen molar-refractivity contribution in [1.82, 2.24) is 0 Å². The number of anilines is 2. The Morgan fingerprint density at radius 1 is 0.871 bits per heavy atom. The summed E-state index contributed by atoms with van der Waals surface area (Å²) < 4.78 is 0. The van der Waals surface area contributed by atoms with Crippen molar-refractivity contribution in [3.05, 3.63) is 87.9 Å². The van der Waals surface area contributed by atoms with E-state index in [0.717, 1.165) is 4.90 Å². The van der Waals surface area contributed by atoms with E-state index in [4.69, 9.17) is 28.3 Å². The Bertz CT molecular complexity index is 1140. The molecule has 3 aromatic rings. The van der Waals surface area contributed by atoms with Crippen molar-refractivity contribution < 1.29 is 19.5 Å². The third-order valence-electron chi connectivity index (χ3n) is 4.05. The predicted octanol–water partition coefficient (Wildman–Crippen LogP) is 5.67. The number of rotatable bonds is 7. The van der Waals surface area contributed by atoms with Gasteiger partial charge >= 0.3 is 5.97 Å². The van der Waals surface area contributed by atoms with E-state index in [1.807, 2.05) is 0 Å². The van der Waals surface area contributed by atoms with Crippen molar-refractivity contribution in [2.75, 3.05) is 16.4 Å². The number of hydrogen-bond donors (Lipinski definition) is 3. The molecule has 3 rings (SSSR count). The first-order valence-electron chi connectivity index (χ1n) is 8.94. The monoisotopic (exact) mass is 474 g/mol. The number of carbonyl (C=O) groups is 3. The van der Waals surface area contributed by atoms with E-state index in [0.29, 0.717) is 22.0 Å². The molecule has 0 aliphatic carbocycles. The molecule has 3 N–H and O–H groups in total. The van der Waals surface area contributed by atoms with Gasteiger partial charge in [0.1, 0.15) is 0 Å². The maximum absolute atomic E-state index is 12.3. The van der Waals surface area contributed by atoms with E-state index < -0.39 is 5.97 Å². The fourth-order valence-electron chi connectivity index (χ4n) is 2.58. The van der Waals surface area contributed by atoms with E-state index in [9.17, 15) is 14.4 Å². The molecule has 0 fully saturated rings. The van der Waals surface area contributed by atoms with E-state index in [2.05, 4.69) is 10.6 Å². The molecule has 6 nitrogen and oxygen atoms in total. The van der Waals surface area contributed by atoms with Gasteiger partial charge in [0.2, 0.25) is 5.91 Å². The van der Waals surface area contributed by atoms with Gasteiger partial charge in [-0.3, -0.25) is 9.59 Å². The van der Waals surface area contributed by atoms with Crippen molar-refractivity contribution in [3.63, 3.8) is 0 Å². The maximum Gasteiger partial charge on any atom is 0.337 e. The van der Waals surface area contributed by atoms with Gasteiger partial charge in [-0.15, -0.1) is 11.8 Å². The first-order valence-corrected chi connectivity index (χ1v) is 10.7. The van der Waals surface area contributed by atoms with Crippen LogP contribution in [0.1, 0.15) is 20.7 Å². The zero-order valence-electron chi connectivity index (χ0n) is 15.9. The molecule has 0 heterocycles. The van der Waals surface area contributed by atoms with Crippen LogP contribution in [0.25, 0.3) is 0 Å². The molecule has 0 saturated carbocycles. The van der Waals surface area contributed by atoms with Crippen molar-refractivity contribution >= 4 is 64.1 Å². The highest BCUT2D eigenvalue weighted by Crippen LogP contribution is 2.23. The molecule has 0 saturated heterocycles. The Labute approximate surface area is 192 Å². The van der Waals surface area contributed by atoms with Crippen LogP contribution in [0.2, 0.25) is 10.0 Å². The van der Waals surface area contributed by atoms with Crippen LogP contribution in [0, 0.1) is 0 Å². The average molecular weight is 475 g/mol. The Hall–Kier alpha value is -3.00. The minimum atomic E-state index is -1.17. The fourth-order valence-corrected chi connectivity index (χ4v) is 3.67. The summed E-state index contributed by atoms with van der Waals surface area (Å²) in [6.45, 7) is 0. The minimum absolute atomic E-state index is 0.0810. The van der Waals surface area contributed by atoms with Gasteiger partial charge in [-0.2, -0.15) is 0 Å². The van der Waals surface area contributed by atoms with Gasteiger partial charge in [0.15, 0.2) is 0 Å². The molecule has 0 spiro atoms. The van der Waals surface area contributed by atoms with Crippen molar-refractivity contribution in [3.8, 4) is 0 Å². The smallest absolute Gasteiger partial charge is 0.337 e. The number of carboxylic acid groups (broad SMARTS) is 1.